The maximum absolute atomic E-state index is 12.9. The molecule has 0 saturated heterocycles. The van der Waals surface area contributed by atoms with Crippen molar-refractivity contribution in [1.29, 1.82) is 0 Å². The molecule has 0 aromatic heterocycles. The second-order valence-corrected chi connectivity index (χ2v) is 7.17. The molecule has 0 aliphatic rings. The molecule has 3 aromatic rings. The topological polar surface area (TPSA) is 84.8 Å². The van der Waals surface area contributed by atoms with Gasteiger partial charge in [-0.25, -0.2) is 4.79 Å². The van der Waals surface area contributed by atoms with Crippen LogP contribution in [-0.2, 0) is 0 Å². The van der Waals surface area contributed by atoms with Gasteiger partial charge in [-0.2, -0.15) is 0 Å². The summed E-state index contributed by atoms with van der Waals surface area (Å²) in [5.74, 6) is 1.68. The highest BCUT2D eigenvalue weighted by Crippen LogP contribution is 2.39. The van der Waals surface area contributed by atoms with Crippen molar-refractivity contribution in [3.05, 3.63) is 64.7 Å². The lowest BCUT2D eigenvalue weighted by atomic mass is 10.1. The standard InChI is InChI=1S/C25H24ClNO7/c1-29-20-13-18(21(30-2)12-17(20)26)27-14-15-8-6-7-9-19(15)34-25(28)16-10-22(31-3)24(33-5)23(11-16)32-4/h6-14H,1-5H3. The van der Waals surface area contributed by atoms with Gasteiger partial charge in [0.1, 0.15) is 22.9 Å². The van der Waals surface area contributed by atoms with Gasteiger partial charge in [0.15, 0.2) is 11.5 Å². The van der Waals surface area contributed by atoms with Crippen LogP contribution < -0.4 is 28.4 Å². The number of halogens is 1. The number of methoxy groups -OCH3 is 5. The summed E-state index contributed by atoms with van der Waals surface area (Å²) in [4.78, 5) is 17.4. The molecule has 0 heterocycles. The van der Waals surface area contributed by atoms with Gasteiger partial charge in [0.2, 0.25) is 5.75 Å². The molecule has 0 N–H and O–H groups in total. The minimum Gasteiger partial charge on any atom is -0.495 e. The molecule has 0 spiro atoms. The summed E-state index contributed by atoms with van der Waals surface area (Å²) < 4.78 is 32.2. The molecule has 34 heavy (non-hydrogen) atoms. The van der Waals surface area contributed by atoms with E-state index in [0.29, 0.717) is 50.8 Å². The summed E-state index contributed by atoms with van der Waals surface area (Å²) in [7, 11) is 7.46. The average Bonchev–Trinajstić information content (AvgIpc) is 2.87. The van der Waals surface area contributed by atoms with Crippen molar-refractivity contribution >= 4 is 29.5 Å². The van der Waals surface area contributed by atoms with E-state index < -0.39 is 5.97 Å². The van der Waals surface area contributed by atoms with Gasteiger partial charge in [-0.05, 0) is 24.3 Å². The van der Waals surface area contributed by atoms with Gasteiger partial charge in [-0.1, -0.05) is 23.7 Å². The number of carbonyl (C=O) groups excluding carboxylic acids is 1. The normalized spacial score (nSPS) is 10.6. The summed E-state index contributed by atoms with van der Waals surface area (Å²) >= 11 is 6.16. The predicted octanol–water partition coefficient (Wildman–Crippen LogP) is 5.35. The van der Waals surface area contributed by atoms with Crippen molar-refractivity contribution < 1.29 is 33.2 Å². The number of rotatable bonds is 9. The van der Waals surface area contributed by atoms with Gasteiger partial charge in [0, 0.05) is 23.9 Å². The van der Waals surface area contributed by atoms with Crippen molar-refractivity contribution in [3.63, 3.8) is 0 Å². The number of esters is 1. The molecule has 0 aliphatic heterocycles. The summed E-state index contributed by atoms with van der Waals surface area (Å²) in [6.45, 7) is 0. The van der Waals surface area contributed by atoms with Crippen molar-refractivity contribution in [3.8, 4) is 34.5 Å². The zero-order valence-electron chi connectivity index (χ0n) is 19.4. The van der Waals surface area contributed by atoms with Gasteiger partial charge in [0.05, 0.1) is 46.1 Å². The minimum absolute atomic E-state index is 0.227. The molecule has 8 nitrogen and oxygen atoms in total. The van der Waals surface area contributed by atoms with Crippen LogP contribution in [0.3, 0.4) is 0 Å². The van der Waals surface area contributed by atoms with E-state index in [2.05, 4.69) is 4.99 Å². The van der Waals surface area contributed by atoms with Crippen LogP contribution in [0.1, 0.15) is 15.9 Å². The second kappa shape index (κ2) is 11.3. The Hall–Kier alpha value is -3.91. The third kappa shape index (κ3) is 5.35. The average molecular weight is 486 g/mol. The van der Waals surface area contributed by atoms with E-state index in [1.807, 2.05) is 0 Å². The lowest BCUT2D eigenvalue weighted by Crippen LogP contribution is -2.11. The number of nitrogens with zero attached hydrogens (tertiary/aromatic N) is 1. The number of carbonyl (C=O) groups is 1. The van der Waals surface area contributed by atoms with Crippen LogP contribution in [0.15, 0.2) is 53.5 Å². The van der Waals surface area contributed by atoms with Gasteiger partial charge >= 0.3 is 5.97 Å². The summed E-state index contributed by atoms with van der Waals surface area (Å²) in [6.07, 6.45) is 1.56. The first-order valence-corrected chi connectivity index (χ1v) is 10.4. The summed E-state index contributed by atoms with van der Waals surface area (Å²) in [6, 6.07) is 13.3. The molecular weight excluding hydrogens is 462 g/mol. The van der Waals surface area contributed by atoms with E-state index >= 15 is 0 Å². The Bertz CT molecular complexity index is 1180. The molecule has 9 heteroatoms. The number of hydrogen-bond donors (Lipinski definition) is 0. The highest BCUT2D eigenvalue weighted by atomic mass is 35.5. The molecule has 0 bridgehead atoms. The van der Waals surface area contributed by atoms with Gasteiger partial charge in [-0.3, -0.25) is 4.99 Å². The Morgan fingerprint density at radius 1 is 0.765 bits per heavy atom. The second-order valence-electron chi connectivity index (χ2n) is 6.76. The molecular formula is C25H24ClNO7. The molecule has 178 valence electrons. The van der Waals surface area contributed by atoms with Gasteiger partial charge in [0.25, 0.3) is 0 Å². The first-order valence-electron chi connectivity index (χ1n) is 10.0. The maximum Gasteiger partial charge on any atom is 0.343 e. The van der Waals surface area contributed by atoms with E-state index in [0.717, 1.165) is 0 Å². The fourth-order valence-corrected chi connectivity index (χ4v) is 3.35. The van der Waals surface area contributed by atoms with E-state index in [1.54, 1.807) is 42.6 Å². The molecule has 3 aromatic carbocycles. The highest BCUT2D eigenvalue weighted by molar-refractivity contribution is 6.32. The third-order valence-corrected chi connectivity index (χ3v) is 5.11. The predicted molar refractivity (Wildman–Crippen MR) is 129 cm³/mol. The maximum atomic E-state index is 12.9. The van der Waals surface area contributed by atoms with E-state index in [-0.39, 0.29) is 5.56 Å². The van der Waals surface area contributed by atoms with Crippen LogP contribution in [0.5, 0.6) is 34.5 Å². The zero-order chi connectivity index (χ0) is 24.7. The third-order valence-electron chi connectivity index (χ3n) is 4.82. The Labute approximate surface area is 202 Å². The zero-order valence-corrected chi connectivity index (χ0v) is 20.1. The lowest BCUT2D eigenvalue weighted by molar-refractivity contribution is 0.0733. The van der Waals surface area contributed by atoms with E-state index in [1.165, 1.54) is 47.7 Å². The quantitative estimate of drug-likeness (QED) is 0.229. The number of para-hydroxylation sites is 1. The molecule has 0 aliphatic carbocycles. The van der Waals surface area contributed by atoms with Crippen molar-refractivity contribution in [2.24, 2.45) is 4.99 Å². The summed E-state index contributed by atoms with van der Waals surface area (Å²) in [5.41, 5.74) is 1.29. The van der Waals surface area contributed by atoms with Crippen LogP contribution in [-0.4, -0.2) is 47.7 Å². The van der Waals surface area contributed by atoms with Crippen LogP contribution in [0.4, 0.5) is 5.69 Å². The van der Waals surface area contributed by atoms with E-state index in [9.17, 15) is 4.79 Å². The van der Waals surface area contributed by atoms with Crippen LogP contribution in [0.25, 0.3) is 0 Å². The summed E-state index contributed by atoms with van der Waals surface area (Å²) in [5, 5.41) is 0.401. The largest absolute Gasteiger partial charge is 0.495 e. The molecule has 0 radical (unpaired) electrons. The van der Waals surface area contributed by atoms with Gasteiger partial charge in [-0.15, -0.1) is 0 Å². The Balaban J connectivity index is 1.92. The molecule has 0 fully saturated rings. The van der Waals surface area contributed by atoms with Gasteiger partial charge < -0.3 is 28.4 Å². The molecule has 0 unspecified atom stereocenters. The minimum atomic E-state index is -0.606. The Kier molecular flexibility index (Phi) is 8.21. The van der Waals surface area contributed by atoms with E-state index in [4.69, 9.17) is 40.0 Å². The molecule has 0 amide bonds. The number of aliphatic imine (C=N–C) groups is 1. The first-order chi connectivity index (χ1) is 16.4. The number of ether oxygens (including phenoxy) is 6. The van der Waals surface area contributed by atoms with Crippen LogP contribution in [0, 0.1) is 0 Å². The molecule has 3 rings (SSSR count). The van der Waals surface area contributed by atoms with Crippen molar-refractivity contribution in [2.75, 3.05) is 35.5 Å². The van der Waals surface area contributed by atoms with Crippen LogP contribution in [0.2, 0.25) is 5.02 Å². The van der Waals surface area contributed by atoms with Crippen molar-refractivity contribution in [2.45, 2.75) is 0 Å². The smallest absolute Gasteiger partial charge is 0.343 e. The Morgan fingerprint density at radius 3 is 1.97 bits per heavy atom. The molecule has 0 saturated carbocycles. The number of benzene rings is 3. The molecule has 0 atom stereocenters. The SMILES string of the molecule is COc1cc(N=Cc2ccccc2OC(=O)c2cc(OC)c(OC)c(OC)c2)c(OC)cc1Cl. The highest BCUT2D eigenvalue weighted by Gasteiger charge is 2.19. The van der Waals surface area contributed by atoms with Crippen molar-refractivity contribution in [1.82, 2.24) is 0 Å². The van der Waals surface area contributed by atoms with Crippen LogP contribution >= 0.6 is 11.6 Å². The lowest BCUT2D eigenvalue weighted by Gasteiger charge is -2.14. The fraction of sp³-hybridized carbons (Fsp3) is 0.200. The first kappa shape index (κ1) is 24.7. The monoisotopic (exact) mass is 485 g/mol. The Morgan fingerprint density at radius 2 is 1.38 bits per heavy atom. The fourth-order valence-electron chi connectivity index (χ4n) is 3.12. The number of hydrogen-bond acceptors (Lipinski definition) is 8.